The van der Waals surface area contributed by atoms with E-state index in [2.05, 4.69) is 14.5 Å². The van der Waals surface area contributed by atoms with E-state index in [1.807, 2.05) is 0 Å². The molecule has 0 bridgehead atoms. The van der Waals surface area contributed by atoms with Gasteiger partial charge in [-0.3, -0.25) is 4.79 Å². The van der Waals surface area contributed by atoms with Crippen molar-refractivity contribution in [2.24, 2.45) is 4.40 Å². The summed E-state index contributed by atoms with van der Waals surface area (Å²) in [5.41, 5.74) is 1.64. The summed E-state index contributed by atoms with van der Waals surface area (Å²) in [6, 6.07) is 17.1. The Balaban J connectivity index is 1.74. The number of nitrogens with zero attached hydrogens (tertiary/aromatic N) is 1. The number of esters is 1. The minimum Gasteiger partial charge on any atom is -0.465 e. The van der Waals surface area contributed by atoms with Gasteiger partial charge in [0.1, 0.15) is 5.82 Å². The van der Waals surface area contributed by atoms with E-state index in [0.717, 1.165) is 24.3 Å². The summed E-state index contributed by atoms with van der Waals surface area (Å²) < 4.78 is 47.4. The number of Topliss-reactive ketones (excluding diaryl/α,β-unsaturated/α-hetero) is 1. The number of rotatable bonds is 5. The summed E-state index contributed by atoms with van der Waals surface area (Å²) in [7, 11) is -2.89. The molecule has 0 radical (unpaired) electrons. The van der Waals surface area contributed by atoms with Crippen LogP contribution in [0.3, 0.4) is 0 Å². The molecule has 166 valence electrons. The summed E-state index contributed by atoms with van der Waals surface area (Å²) >= 11 is 0. The zero-order valence-corrected chi connectivity index (χ0v) is 18.1. The molecule has 7 nitrogen and oxygen atoms in total. The Labute approximate surface area is 189 Å². The SMILES string of the molecule is COC(=O)c1ccc(NC2=C/C(=N\S(=O)(=O)c3ccc(F)cc3)c3ccccc3C2=O)cc1. The van der Waals surface area contributed by atoms with E-state index >= 15 is 0 Å². The molecule has 0 aromatic heterocycles. The minimum absolute atomic E-state index is 0.0585. The van der Waals surface area contributed by atoms with Gasteiger partial charge in [-0.1, -0.05) is 24.3 Å². The topological polar surface area (TPSA) is 102 Å². The van der Waals surface area contributed by atoms with Crippen LogP contribution in [-0.4, -0.2) is 33.0 Å². The fourth-order valence-electron chi connectivity index (χ4n) is 3.25. The molecule has 0 saturated heterocycles. The van der Waals surface area contributed by atoms with Crippen molar-refractivity contribution in [1.82, 2.24) is 0 Å². The van der Waals surface area contributed by atoms with E-state index in [1.165, 1.54) is 25.3 Å². The highest BCUT2D eigenvalue weighted by molar-refractivity contribution is 7.90. The van der Waals surface area contributed by atoms with Gasteiger partial charge in [0, 0.05) is 16.8 Å². The van der Waals surface area contributed by atoms with Gasteiger partial charge in [0.15, 0.2) is 0 Å². The summed E-state index contributed by atoms with van der Waals surface area (Å²) in [6.45, 7) is 0. The van der Waals surface area contributed by atoms with Crippen LogP contribution in [0.25, 0.3) is 0 Å². The number of anilines is 1. The molecular formula is C24H17FN2O5S. The molecule has 0 fully saturated rings. The van der Waals surface area contributed by atoms with Crippen LogP contribution in [0.4, 0.5) is 10.1 Å². The number of carbonyl (C=O) groups excluding carboxylic acids is 2. The number of carbonyl (C=O) groups is 2. The molecule has 0 atom stereocenters. The van der Waals surface area contributed by atoms with Gasteiger partial charge < -0.3 is 10.1 Å². The number of ketones is 1. The number of methoxy groups -OCH3 is 1. The maximum absolute atomic E-state index is 13.2. The molecule has 0 saturated carbocycles. The van der Waals surface area contributed by atoms with E-state index in [4.69, 9.17) is 0 Å². The van der Waals surface area contributed by atoms with Crippen molar-refractivity contribution < 1.29 is 27.1 Å². The number of fused-ring (bicyclic) bond motifs is 1. The number of benzene rings is 3. The monoisotopic (exact) mass is 464 g/mol. The minimum atomic E-state index is -4.16. The molecule has 4 rings (SSSR count). The molecular weight excluding hydrogens is 447 g/mol. The number of nitrogens with one attached hydrogen (secondary N) is 1. The number of sulfonamides is 1. The number of halogens is 1. The number of ether oxygens (including phenoxy) is 1. The average Bonchev–Trinajstić information content (AvgIpc) is 2.82. The maximum Gasteiger partial charge on any atom is 0.337 e. The van der Waals surface area contributed by atoms with Crippen LogP contribution in [0.1, 0.15) is 26.3 Å². The van der Waals surface area contributed by atoms with Gasteiger partial charge in [0.05, 0.1) is 29.0 Å². The number of hydrogen-bond donors (Lipinski definition) is 1. The van der Waals surface area contributed by atoms with Crippen LogP contribution in [0, 0.1) is 5.82 Å². The van der Waals surface area contributed by atoms with Crippen LogP contribution in [0.15, 0.2) is 93.9 Å². The van der Waals surface area contributed by atoms with Gasteiger partial charge in [-0.25, -0.2) is 9.18 Å². The second-order valence-corrected chi connectivity index (χ2v) is 8.64. The highest BCUT2D eigenvalue weighted by Gasteiger charge is 2.26. The zero-order chi connectivity index (χ0) is 23.6. The van der Waals surface area contributed by atoms with E-state index in [0.29, 0.717) is 16.8 Å². The van der Waals surface area contributed by atoms with E-state index in [-0.39, 0.29) is 27.7 Å². The standard InChI is InChI=1S/C24H17FN2O5S/c1-32-24(29)15-6-10-17(11-7-15)26-22-14-21(19-4-2-3-5-20(19)23(22)28)27-33(30,31)18-12-8-16(25)9-13-18/h2-14,26H,1H3/b27-21+. The fourth-order valence-corrected chi connectivity index (χ4v) is 4.25. The summed E-state index contributed by atoms with van der Waals surface area (Å²) in [6.07, 6.45) is 1.35. The molecule has 0 amide bonds. The van der Waals surface area contributed by atoms with Gasteiger partial charge in [0.2, 0.25) is 5.78 Å². The second kappa shape index (κ2) is 8.79. The molecule has 0 heterocycles. The Morgan fingerprint density at radius 1 is 0.939 bits per heavy atom. The molecule has 33 heavy (non-hydrogen) atoms. The van der Waals surface area contributed by atoms with Crippen molar-refractivity contribution in [2.75, 3.05) is 12.4 Å². The van der Waals surface area contributed by atoms with Crippen molar-refractivity contribution in [3.05, 3.63) is 107 Å². The molecule has 0 aliphatic heterocycles. The lowest BCUT2D eigenvalue weighted by Gasteiger charge is -2.19. The Morgan fingerprint density at radius 2 is 1.58 bits per heavy atom. The smallest absolute Gasteiger partial charge is 0.337 e. The van der Waals surface area contributed by atoms with Crippen LogP contribution in [-0.2, 0) is 14.8 Å². The molecule has 1 aliphatic carbocycles. The molecule has 0 unspecified atom stereocenters. The van der Waals surface area contributed by atoms with Crippen molar-refractivity contribution in [3.63, 3.8) is 0 Å². The molecule has 1 N–H and O–H groups in total. The van der Waals surface area contributed by atoms with Gasteiger partial charge in [0.25, 0.3) is 10.0 Å². The van der Waals surface area contributed by atoms with Crippen molar-refractivity contribution in [1.29, 1.82) is 0 Å². The van der Waals surface area contributed by atoms with Gasteiger partial charge >= 0.3 is 5.97 Å². The first kappa shape index (κ1) is 22.1. The van der Waals surface area contributed by atoms with Crippen molar-refractivity contribution in [2.45, 2.75) is 4.90 Å². The van der Waals surface area contributed by atoms with E-state index in [9.17, 15) is 22.4 Å². The van der Waals surface area contributed by atoms with Crippen molar-refractivity contribution >= 4 is 33.2 Å². The second-order valence-electron chi connectivity index (χ2n) is 7.03. The Bertz CT molecular complexity index is 1410. The predicted molar refractivity (Wildman–Crippen MR) is 120 cm³/mol. The average molecular weight is 464 g/mol. The molecule has 1 aliphatic rings. The highest BCUT2D eigenvalue weighted by Crippen LogP contribution is 2.25. The Kier molecular flexibility index (Phi) is 5.89. The van der Waals surface area contributed by atoms with Gasteiger partial charge in [-0.15, -0.1) is 0 Å². The molecule has 0 spiro atoms. The van der Waals surface area contributed by atoms with Crippen molar-refractivity contribution in [3.8, 4) is 0 Å². The van der Waals surface area contributed by atoms with E-state index < -0.39 is 21.8 Å². The van der Waals surface area contributed by atoms with Crippen LogP contribution < -0.4 is 5.32 Å². The summed E-state index contributed by atoms with van der Waals surface area (Å²) in [5.74, 6) is -1.41. The first-order chi connectivity index (χ1) is 15.8. The molecule has 3 aromatic rings. The van der Waals surface area contributed by atoms with Gasteiger partial charge in [-0.05, 0) is 54.6 Å². The summed E-state index contributed by atoms with van der Waals surface area (Å²) in [5, 5.41) is 2.95. The lowest BCUT2D eigenvalue weighted by atomic mass is 9.92. The highest BCUT2D eigenvalue weighted by atomic mass is 32.2. The van der Waals surface area contributed by atoms with Crippen LogP contribution in [0.2, 0.25) is 0 Å². The first-order valence-corrected chi connectivity index (χ1v) is 11.1. The quantitative estimate of drug-likeness (QED) is 0.573. The van der Waals surface area contributed by atoms with Gasteiger partial charge in [-0.2, -0.15) is 12.8 Å². The third kappa shape index (κ3) is 4.58. The number of allylic oxidation sites excluding steroid dienone is 2. The van der Waals surface area contributed by atoms with Crippen LogP contribution in [0.5, 0.6) is 0 Å². The predicted octanol–water partition coefficient (Wildman–Crippen LogP) is 3.98. The van der Waals surface area contributed by atoms with E-state index in [1.54, 1.807) is 36.4 Å². The lowest BCUT2D eigenvalue weighted by molar-refractivity contribution is 0.0600. The molecule has 3 aromatic carbocycles. The Morgan fingerprint density at radius 3 is 2.21 bits per heavy atom. The lowest BCUT2D eigenvalue weighted by Crippen LogP contribution is -2.22. The summed E-state index contributed by atoms with van der Waals surface area (Å²) in [4.78, 5) is 24.5. The number of hydrogen-bond acceptors (Lipinski definition) is 6. The third-order valence-electron chi connectivity index (χ3n) is 4.89. The van der Waals surface area contributed by atoms with Crippen LogP contribution >= 0.6 is 0 Å². The molecule has 9 heteroatoms. The zero-order valence-electron chi connectivity index (χ0n) is 17.3. The third-order valence-corrected chi connectivity index (χ3v) is 6.19. The normalized spacial score (nSPS) is 14.4. The fraction of sp³-hybridized carbons (Fsp3) is 0.0417. The Hall–Kier alpha value is -4.11. The largest absolute Gasteiger partial charge is 0.465 e. The first-order valence-electron chi connectivity index (χ1n) is 9.70. The maximum atomic E-state index is 13.2.